The highest BCUT2D eigenvalue weighted by atomic mass is 16.2. The molecule has 94 valence electrons. The number of amides is 1. The fraction of sp³-hybridized carbons (Fsp3) is 0.438. The summed E-state index contributed by atoms with van der Waals surface area (Å²) in [5.74, 6) is 5.26. The minimum absolute atomic E-state index is 0.0346. The Morgan fingerprint density at radius 3 is 2.39 bits per heavy atom. The van der Waals surface area contributed by atoms with Crippen LogP contribution in [-0.2, 0) is 10.2 Å². The molecule has 2 heteroatoms. The number of carbonyl (C=O) groups excluding carboxylic acids is 1. The summed E-state index contributed by atoms with van der Waals surface area (Å²) in [4.78, 5) is 13.6. The van der Waals surface area contributed by atoms with Crippen LogP contribution >= 0.6 is 0 Å². The summed E-state index contributed by atoms with van der Waals surface area (Å²) >= 11 is 0. The average Bonchev–Trinajstić information content (AvgIpc) is 2.41. The molecular weight excluding hydrogens is 222 g/mol. The normalized spacial score (nSPS) is 17.8. The Balaban J connectivity index is 2.05. The maximum atomic E-state index is 11.7. The first kappa shape index (κ1) is 12.7. The zero-order valence-corrected chi connectivity index (χ0v) is 11.1. The third kappa shape index (κ3) is 2.56. The highest BCUT2D eigenvalue weighted by molar-refractivity contribution is 5.93. The van der Waals surface area contributed by atoms with Crippen molar-refractivity contribution in [3.8, 4) is 11.8 Å². The largest absolute Gasteiger partial charge is 0.332 e. The predicted octanol–water partition coefficient (Wildman–Crippen LogP) is 2.59. The zero-order chi connectivity index (χ0) is 13.0. The van der Waals surface area contributed by atoms with Crippen molar-refractivity contribution in [2.75, 3.05) is 13.1 Å². The molecule has 1 amide bonds. The minimum Gasteiger partial charge on any atom is -0.332 e. The maximum Gasteiger partial charge on any atom is 0.298 e. The Hall–Kier alpha value is -1.75. The number of hydrogen-bond donors (Lipinski definition) is 0. The molecule has 0 atom stereocenters. The molecule has 0 N–H and O–H groups in total. The first-order valence-electron chi connectivity index (χ1n) is 6.43. The van der Waals surface area contributed by atoms with Crippen LogP contribution in [0.4, 0.5) is 0 Å². The van der Waals surface area contributed by atoms with Gasteiger partial charge in [-0.1, -0.05) is 43.2 Å². The van der Waals surface area contributed by atoms with E-state index in [1.165, 1.54) is 5.56 Å². The van der Waals surface area contributed by atoms with Crippen molar-refractivity contribution in [1.29, 1.82) is 0 Å². The van der Waals surface area contributed by atoms with E-state index in [2.05, 4.69) is 43.0 Å². The smallest absolute Gasteiger partial charge is 0.298 e. The zero-order valence-electron chi connectivity index (χ0n) is 11.1. The summed E-state index contributed by atoms with van der Waals surface area (Å²) < 4.78 is 0. The second kappa shape index (κ2) is 5.27. The van der Waals surface area contributed by atoms with E-state index in [4.69, 9.17) is 0 Å². The third-order valence-corrected chi connectivity index (χ3v) is 3.86. The molecule has 0 aliphatic carbocycles. The predicted molar refractivity (Wildman–Crippen MR) is 73.1 cm³/mol. The Labute approximate surface area is 109 Å². The van der Waals surface area contributed by atoms with E-state index in [-0.39, 0.29) is 11.3 Å². The molecule has 0 radical (unpaired) electrons. The average molecular weight is 241 g/mol. The van der Waals surface area contributed by atoms with Crippen molar-refractivity contribution in [2.24, 2.45) is 0 Å². The van der Waals surface area contributed by atoms with E-state index in [0.29, 0.717) is 0 Å². The SMILES string of the molecule is CC#CC(=O)N1CCC(C)(c2ccccc2)CC1. The van der Waals surface area contributed by atoms with Crippen LogP contribution in [0.25, 0.3) is 0 Å². The number of likely N-dealkylation sites (tertiary alicyclic amines) is 1. The summed E-state index contributed by atoms with van der Waals surface area (Å²) in [7, 11) is 0. The Kier molecular flexibility index (Phi) is 3.72. The van der Waals surface area contributed by atoms with Crippen LogP contribution in [0.5, 0.6) is 0 Å². The number of rotatable bonds is 1. The lowest BCUT2D eigenvalue weighted by Crippen LogP contribution is -2.43. The Morgan fingerprint density at radius 2 is 1.83 bits per heavy atom. The third-order valence-electron chi connectivity index (χ3n) is 3.86. The van der Waals surface area contributed by atoms with Crippen molar-refractivity contribution in [3.05, 3.63) is 35.9 Å². The van der Waals surface area contributed by atoms with Crippen molar-refractivity contribution >= 4 is 5.91 Å². The molecule has 1 saturated heterocycles. The molecule has 2 rings (SSSR count). The second-order valence-electron chi connectivity index (χ2n) is 5.09. The van der Waals surface area contributed by atoms with Crippen LogP contribution in [0, 0.1) is 11.8 Å². The molecule has 1 fully saturated rings. The monoisotopic (exact) mass is 241 g/mol. The molecule has 0 spiro atoms. The fourth-order valence-electron chi connectivity index (χ4n) is 2.52. The van der Waals surface area contributed by atoms with Gasteiger partial charge in [0.25, 0.3) is 5.91 Å². The van der Waals surface area contributed by atoms with E-state index in [9.17, 15) is 4.79 Å². The molecule has 1 aliphatic heterocycles. The van der Waals surface area contributed by atoms with Crippen LogP contribution in [-0.4, -0.2) is 23.9 Å². The van der Waals surface area contributed by atoms with Crippen LogP contribution in [0.1, 0.15) is 32.3 Å². The highest BCUT2D eigenvalue weighted by Crippen LogP contribution is 2.34. The lowest BCUT2D eigenvalue weighted by molar-refractivity contribution is -0.126. The molecule has 1 aliphatic rings. The van der Waals surface area contributed by atoms with Crippen LogP contribution < -0.4 is 0 Å². The summed E-state index contributed by atoms with van der Waals surface area (Å²) in [5.41, 5.74) is 1.57. The van der Waals surface area contributed by atoms with Gasteiger partial charge >= 0.3 is 0 Å². The van der Waals surface area contributed by atoms with Gasteiger partial charge < -0.3 is 4.90 Å². The van der Waals surface area contributed by atoms with Gasteiger partial charge in [-0.3, -0.25) is 4.79 Å². The standard InChI is InChI=1S/C16H19NO/c1-3-7-15(18)17-12-10-16(2,11-13-17)14-8-5-4-6-9-14/h4-6,8-9H,10-13H2,1-2H3. The number of hydrogen-bond acceptors (Lipinski definition) is 1. The molecule has 1 aromatic carbocycles. The first-order valence-corrected chi connectivity index (χ1v) is 6.43. The van der Waals surface area contributed by atoms with Crippen molar-refractivity contribution in [2.45, 2.75) is 32.1 Å². The summed E-state index contributed by atoms with van der Waals surface area (Å²) in [6.07, 6.45) is 2.02. The number of nitrogens with zero attached hydrogens (tertiary/aromatic N) is 1. The van der Waals surface area contributed by atoms with Gasteiger partial charge in [0.15, 0.2) is 0 Å². The Morgan fingerprint density at radius 1 is 1.22 bits per heavy atom. The first-order chi connectivity index (χ1) is 8.65. The van der Waals surface area contributed by atoms with Crippen LogP contribution in [0.2, 0.25) is 0 Å². The molecule has 1 heterocycles. The lowest BCUT2D eigenvalue weighted by atomic mass is 9.74. The molecule has 2 nitrogen and oxygen atoms in total. The van der Waals surface area contributed by atoms with Crippen molar-refractivity contribution in [3.63, 3.8) is 0 Å². The van der Waals surface area contributed by atoms with Gasteiger partial charge in [0.1, 0.15) is 0 Å². The number of piperidine rings is 1. The van der Waals surface area contributed by atoms with E-state index >= 15 is 0 Å². The summed E-state index contributed by atoms with van der Waals surface area (Å²) in [5, 5.41) is 0. The van der Waals surface area contributed by atoms with Crippen molar-refractivity contribution in [1.82, 2.24) is 4.90 Å². The Bertz CT molecular complexity index is 473. The van der Waals surface area contributed by atoms with Crippen LogP contribution in [0.3, 0.4) is 0 Å². The van der Waals surface area contributed by atoms with Gasteiger partial charge in [0, 0.05) is 13.1 Å². The number of benzene rings is 1. The van der Waals surface area contributed by atoms with Crippen LogP contribution in [0.15, 0.2) is 30.3 Å². The molecule has 0 bridgehead atoms. The van der Waals surface area contributed by atoms with E-state index in [0.717, 1.165) is 25.9 Å². The molecule has 0 saturated carbocycles. The van der Waals surface area contributed by atoms with E-state index < -0.39 is 0 Å². The van der Waals surface area contributed by atoms with Gasteiger partial charge in [0.05, 0.1) is 0 Å². The van der Waals surface area contributed by atoms with Gasteiger partial charge in [-0.2, -0.15) is 0 Å². The molecular formula is C16H19NO. The number of carbonyl (C=O) groups is 1. The van der Waals surface area contributed by atoms with Gasteiger partial charge in [0.2, 0.25) is 0 Å². The molecule has 1 aromatic rings. The lowest BCUT2D eigenvalue weighted by Gasteiger charge is -2.39. The summed E-state index contributed by atoms with van der Waals surface area (Å²) in [6.45, 7) is 5.60. The molecule has 0 aromatic heterocycles. The van der Waals surface area contributed by atoms with Gasteiger partial charge in [-0.25, -0.2) is 0 Å². The van der Waals surface area contributed by atoms with Crippen molar-refractivity contribution < 1.29 is 4.79 Å². The fourth-order valence-corrected chi connectivity index (χ4v) is 2.52. The maximum absolute atomic E-state index is 11.7. The van der Waals surface area contributed by atoms with Gasteiger partial charge in [-0.15, -0.1) is 0 Å². The van der Waals surface area contributed by atoms with E-state index in [1.807, 2.05) is 11.0 Å². The second-order valence-corrected chi connectivity index (χ2v) is 5.09. The van der Waals surface area contributed by atoms with Gasteiger partial charge in [-0.05, 0) is 36.7 Å². The molecule has 18 heavy (non-hydrogen) atoms. The highest BCUT2D eigenvalue weighted by Gasteiger charge is 2.32. The topological polar surface area (TPSA) is 20.3 Å². The minimum atomic E-state index is -0.0346. The summed E-state index contributed by atoms with van der Waals surface area (Å²) in [6, 6.07) is 10.6. The van der Waals surface area contributed by atoms with E-state index in [1.54, 1.807) is 6.92 Å². The quantitative estimate of drug-likeness (QED) is 0.692. The molecule has 0 unspecified atom stereocenters.